The van der Waals surface area contributed by atoms with E-state index in [0.717, 1.165) is 34.2 Å². The fraction of sp³-hybridized carbons (Fsp3) is 0.350. The van der Waals surface area contributed by atoms with Crippen molar-refractivity contribution in [2.45, 2.75) is 32.6 Å². The molecule has 0 aromatic heterocycles. The molecular weight excluding hydrogens is 328 g/mol. The first-order valence-corrected chi connectivity index (χ1v) is 9.26. The molecule has 2 aromatic carbocycles. The highest BCUT2D eigenvalue weighted by atomic mass is 32.2. The molecule has 0 aliphatic rings. The molecule has 0 heterocycles. The Hall–Kier alpha value is -2.14. The lowest BCUT2D eigenvalue weighted by atomic mass is 9.99. The van der Waals surface area contributed by atoms with Gasteiger partial charge in [0, 0.05) is 36.1 Å². The summed E-state index contributed by atoms with van der Waals surface area (Å²) in [4.78, 5) is 5.86. The number of benzene rings is 2. The highest BCUT2D eigenvalue weighted by Crippen LogP contribution is 2.34. The Morgan fingerprint density at radius 2 is 1.84 bits per heavy atom. The van der Waals surface area contributed by atoms with Crippen LogP contribution in [0.1, 0.15) is 27.7 Å². The Morgan fingerprint density at radius 3 is 2.44 bits per heavy atom. The molecule has 134 valence electrons. The van der Waals surface area contributed by atoms with Crippen molar-refractivity contribution in [2.75, 3.05) is 28.9 Å². The molecule has 0 spiro atoms. The number of nitrogen functional groups attached to an aromatic ring is 1. The summed E-state index contributed by atoms with van der Waals surface area (Å²) in [5.74, 6) is 0. The van der Waals surface area contributed by atoms with Crippen LogP contribution in [-0.4, -0.2) is 19.8 Å². The van der Waals surface area contributed by atoms with Crippen molar-refractivity contribution in [1.82, 2.24) is 0 Å². The maximum absolute atomic E-state index is 5.76. The molecule has 0 unspecified atom stereocenters. The van der Waals surface area contributed by atoms with Crippen LogP contribution in [0.5, 0.6) is 0 Å². The molecule has 0 atom stereocenters. The number of hydrogen-bond donors (Lipinski definition) is 2. The zero-order valence-corrected chi connectivity index (χ0v) is 16.5. The van der Waals surface area contributed by atoms with Crippen LogP contribution in [0.4, 0.5) is 22.7 Å². The van der Waals surface area contributed by atoms with Crippen molar-refractivity contribution < 1.29 is 0 Å². The zero-order valence-electron chi connectivity index (χ0n) is 15.7. The molecule has 0 bridgehead atoms. The third-order valence-electron chi connectivity index (χ3n) is 3.43. The number of nitrogens with zero attached hydrogens (tertiary/aromatic N) is 2. The van der Waals surface area contributed by atoms with Crippen LogP contribution in [0.15, 0.2) is 52.4 Å². The van der Waals surface area contributed by atoms with Gasteiger partial charge < -0.3 is 15.4 Å². The predicted octanol–water partition coefficient (Wildman–Crippen LogP) is 5.59. The lowest BCUT2D eigenvalue weighted by molar-refractivity contribution is 0.607. The largest absolute Gasteiger partial charge is 0.399 e. The molecule has 3 N–H and O–H groups in total. The summed E-state index contributed by atoms with van der Waals surface area (Å²) in [7, 11) is 2.06. The summed E-state index contributed by atoms with van der Waals surface area (Å²) in [6, 6.07) is 14.2. The fourth-order valence-electron chi connectivity index (χ4n) is 2.17. The second-order valence-electron chi connectivity index (χ2n) is 7.01. The van der Waals surface area contributed by atoms with Crippen molar-refractivity contribution in [3.63, 3.8) is 0 Å². The zero-order chi connectivity index (χ0) is 18.4. The lowest BCUT2D eigenvalue weighted by Crippen LogP contribution is -2.08. The van der Waals surface area contributed by atoms with Crippen molar-refractivity contribution in [2.24, 2.45) is 10.4 Å². The van der Waals surface area contributed by atoms with Crippen LogP contribution >= 0.6 is 11.9 Å². The van der Waals surface area contributed by atoms with Gasteiger partial charge in [-0.05, 0) is 66.8 Å². The van der Waals surface area contributed by atoms with Gasteiger partial charge in [-0.3, -0.25) is 4.99 Å². The summed E-state index contributed by atoms with van der Waals surface area (Å²) in [6.07, 6.45) is 2.00. The molecule has 0 aliphatic heterocycles. The molecule has 2 aromatic rings. The van der Waals surface area contributed by atoms with Gasteiger partial charge in [-0.25, -0.2) is 0 Å². The van der Waals surface area contributed by atoms with Crippen molar-refractivity contribution >= 4 is 40.9 Å². The number of nitrogens with two attached hydrogens (primary N) is 1. The maximum atomic E-state index is 5.76. The minimum atomic E-state index is 0.0457. The molecule has 2 rings (SSSR count). The summed E-state index contributed by atoms with van der Waals surface area (Å²) in [5, 5.41) is 3.38. The Labute approximate surface area is 155 Å². The van der Waals surface area contributed by atoms with Gasteiger partial charge >= 0.3 is 0 Å². The third kappa shape index (κ3) is 6.02. The van der Waals surface area contributed by atoms with Crippen LogP contribution in [0.2, 0.25) is 0 Å². The van der Waals surface area contributed by atoms with Gasteiger partial charge in [0.25, 0.3) is 0 Å². The molecule has 5 heteroatoms. The van der Waals surface area contributed by atoms with E-state index in [1.807, 2.05) is 30.5 Å². The van der Waals surface area contributed by atoms with Crippen LogP contribution < -0.4 is 15.4 Å². The molecule has 0 radical (unpaired) electrons. The summed E-state index contributed by atoms with van der Waals surface area (Å²) >= 11 is 1.66. The van der Waals surface area contributed by atoms with Crippen molar-refractivity contribution in [3.8, 4) is 0 Å². The fourth-order valence-corrected chi connectivity index (χ4v) is 2.96. The summed E-state index contributed by atoms with van der Waals surface area (Å²) in [6.45, 7) is 9.41. The first kappa shape index (κ1) is 19.2. The minimum absolute atomic E-state index is 0.0457. The van der Waals surface area contributed by atoms with E-state index in [4.69, 9.17) is 10.7 Å². The molecule has 0 saturated carbocycles. The van der Waals surface area contributed by atoms with E-state index in [2.05, 4.69) is 62.6 Å². The van der Waals surface area contributed by atoms with E-state index in [1.54, 1.807) is 11.9 Å². The van der Waals surface area contributed by atoms with Gasteiger partial charge in [-0.2, -0.15) is 0 Å². The topological polar surface area (TPSA) is 53.6 Å². The number of aliphatic imine (C=N–C) groups is 1. The maximum Gasteiger partial charge on any atom is 0.0878 e. The van der Waals surface area contributed by atoms with Crippen molar-refractivity contribution in [3.05, 3.63) is 42.5 Å². The molecule has 0 fully saturated rings. The van der Waals surface area contributed by atoms with E-state index in [9.17, 15) is 0 Å². The van der Waals surface area contributed by atoms with E-state index in [1.165, 1.54) is 0 Å². The van der Waals surface area contributed by atoms with E-state index in [-0.39, 0.29) is 5.41 Å². The van der Waals surface area contributed by atoms with Crippen molar-refractivity contribution in [1.29, 1.82) is 0 Å². The van der Waals surface area contributed by atoms with Gasteiger partial charge in [0.15, 0.2) is 0 Å². The Balaban J connectivity index is 2.25. The summed E-state index contributed by atoms with van der Waals surface area (Å²) in [5.41, 5.74) is 9.69. The van der Waals surface area contributed by atoms with Gasteiger partial charge in [0.2, 0.25) is 0 Å². The standard InChI is InChI=1S/C20H28N4S/c1-6-22-18-12-9-16(13-19(18)23-14-20(2,3)4)24(5)25-17-10-7-15(21)8-11-17/h7-14,22H,6,21H2,1-5H3. The van der Waals surface area contributed by atoms with E-state index >= 15 is 0 Å². The number of anilines is 3. The molecule has 0 saturated heterocycles. The number of rotatable bonds is 6. The smallest absolute Gasteiger partial charge is 0.0878 e. The van der Waals surface area contributed by atoms with Gasteiger partial charge in [-0.1, -0.05) is 20.8 Å². The molecule has 0 amide bonds. The second kappa shape index (κ2) is 8.30. The minimum Gasteiger partial charge on any atom is -0.399 e. The Morgan fingerprint density at radius 1 is 1.16 bits per heavy atom. The summed E-state index contributed by atoms with van der Waals surface area (Å²) < 4.78 is 2.14. The first-order valence-electron chi connectivity index (χ1n) is 8.49. The van der Waals surface area contributed by atoms with Crippen LogP contribution in [0.3, 0.4) is 0 Å². The lowest BCUT2D eigenvalue weighted by Gasteiger charge is -2.20. The highest BCUT2D eigenvalue weighted by molar-refractivity contribution is 8.00. The third-order valence-corrected chi connectivity index (χ3v) is 4.39. The Bertz CT molecular complexity index is 717. The molecular formula is C20H28N4S. The molecule has 4 nitrogen and oxygen atoms in total. The second-order valence-corrected chi connectivity index (χ2v) is 8.22. The SMILES string of the molecule is CCNc1ccc(N(C)Sc2ccc(N)cc2)cc1N=CC(C)(C)C. The van der Waals surface area contributed by atoms with Gasteiger partial charge in [-0.15, -0.1) is 0 Å². The van der Waals surface area contributed by atoms with Gasteiger partial charge in [0.05, 0.1) is 11.4 Å². The van der Waals surface area contributed by atoms with Gasteiger partial charge in [0.1, 0.15) is 0 Å². The quantitative estimate of drug-likeness (QED) is 0.402. The number of hydrogen-bond acceptors (Lipinski definition) is 5. The highest BCUT2D eigenvalue weighted by Gasteiger charge is 2.10. The van der Waals surface area contributed by atoms with E-state index < -0.39 is 0 Å². The van der Waals surface area contributed by atoms with Crippen LogP contribution in [0.25, 0.3) is 0 Å². The Kier molecular flexibility index (Phi) is 6.37. The molecule has 25 heavy (non-hydrogen) atoms. The number of nitrogens with one attached hydrogen (secondary N) is 1. The first-order chi connectivity index (χ1) is 11.8. The van der Waals surface area contributed by atoms with E-state index in [0.29, 0.717) is 0 Å². The monoisotopic (exact) mass is 356 g/mol. The molecule has 0 aliphatic carbocycles. The average Bonchev–Trinajstić information content (AvgIpc) is 2.55. The van der Waals surface area contributed by atoms with Crippen LogP contribution in [-0.2, 0) is 0 Å². The predicted molar refractivity (Wildman–Crippen MR) is 113 cm³/mol. The van der Waals surface area contributed by atoms with Crippen LogP contribution in [0, 0.1) is 5.41 Å². The normalized spacial score (nSPS) is 11.7. The average molecular weight is 357 g/mol.